The summed E-state index contributed by atoms with van der Waals surface area (Å²) in [6, 6.07) is 7.95. The first-order valence-electron chi connectivity index (χ1n) is 8.67. The zero-order valence-corrected chi connectivity index (χ0v) is 16.9. The molecular formula is C19H30ClNO2S. The van der Waals surface area contributed by atoms with Crippen LogP contribution in [0.25, 0.3) is 0 Å². The maximum absolute atomic E-state index is 12.7. The van der Waals surface area contributed by atoms with Crippen LogP contribution in [0.2, 0.25) is 5.02 Å². The maximum Gasteiger partial charge on any atom is 0.0973 e. The monoisotopic (exact) mass is 371 g/mol. The van der Waals surface area contributed by atoms with Crippen molar-refractivity contribution in [3.8, 4) is 0 Å². The van der Waals surface area contributed by atoms with Crippen LogP contribution in [-0.4, -0.2) is 26.2 Å². The molecule has 0 aromatic heterocycles. The van der Waals surface area contributed by atoms with Gasteiger partial charge in [-0.25, -0.2) is 8.93 Å². The predicted molar refractivity (Wildman–Crippen MR) is 103 cm³/mol. The Labute approximate surface area is 153 Å². The molecule has 0 spiro atoms. The Kier molecular flexibility index (Phi) is 6.17. The number of halogens is 1. The van der Waals surface area contributed by atoms with Crippen LogP contribution in [0.1, 0.15) is 59.4 Å². The molecule has 1 aliphatic carbocycles. The van der Waals surface area contributed by atoms with Crippen molar-refractivity contribution < 1.29 is 9.32 Å². The zero-order chi connectivity index (χ0) is 18.1. The molecular weight excluding hydrogens is 342 g/mol. The second-order valence-corrected chi connectivity index (χ2v) is 10.8. The minimum absolute atomic E-state index is 0.0575. The third-order valence-corrected chi connectivity index (χ3v) is 6.66. The number of aliphatic hydroxyl groups is 1. The molecule has 0 heterocycles. The molecule has 1 aliphatic rings. The van der Waals surface area contributed by atoms with Crippen LogP contribution in [0.4, 0.5) is 0 Å². The smallest absolute Gasteiger partial charge is 0.0973 e. The highest BCUT2D eigenvalue weighted by molar-refractivity contribution is 7.84. The van der Waals surface area contributed by atoms with Gasteiger partial charge < -0.3 is 5.11 Å². The molecule has 0 amide bonds. The van der Waals surface area contributed by atoms with Gasteiger partial charge in [-0.05, 0) is 63.6 Å². The fraction of sp³-hybridized carbons (Fsp3) is 0.684. The molecule has 5 heteroatoms. The minimum atomic E-state index is -1.15. The summed E-state index contributed by atoms with van der Waals surface area (Å²) in [6.45, 7) is 10.3. The third kappa shape index (κ3) is 4.40. The SMILES string of the molecule is CC(C)CC(NS(=O)C(C)(C)C)C1(c2ccc(Cl)cc2)CC(O)C1. The van der Waals surface area contributed by atoms with Crippen LogP contribution in [0.5, 0.6) is 0 Å². The molecule has 3 nitrogen and oxygen atoms in total. The van der Waals surface area contributed by atoms with Crippen molar-refractivity contribution in [2.24, 2.45) is 5.92 Å². The summed E-state index contributed by atoms with van der Waals surface area (Å²) in [5.41, 5.74) is 0.983. The van der Waals surface area contributed by atoms with Crippen LogP contribution >= 0.6 is 11.6 Å². The molecule has 136 valence electrons. The van der Waals surface area contributed by atoms with Gasteiger partial charge in [0.2, 0.25) is 0 Å². The van der Waals surface area contributed by atoms with Gasteiger partial charge in [-0.2, -0.15) is 0 Å². The van der Waals surface area contributed by atoms with Gasteiger partial charge in [-0.1, -0.05) is 37.6 Å². The van der Waals surface area contributed by atoms with Crippen LogP contribution < -0.4 is 4.72 Å². The van der Waals surface area contributed by atoms with Crippen molar-refractivity contribution in [2.45, 2.75) is 76.2 Å². The first-order chi connectivity index (χ1) is 11.0. The summed E-state index contributed by atoms with van der Waals surface area (Å²) < 4.78 is 15.8. The van der Waals surface area contributed by atoms with Gasteiger partial charge in [-0.3, -0.25) is 0 Å². The lowest BCUT2D eigenvalue weighted by Gasteiger charge is -2.52. The lowest BCUT2D eigenvalue weighted by Crippen LogP contribution is -2.59. The number of benzene rings is 1. The topological polar surface area (TPSA) is 49.3 Å². The molecule has 2 rings (SSSR count). The molecule has 2 N–H and O–H groups in total. The fourth-order valence-corrected chi connectivity index (χ4v) is 4.51. The van der Waals surface area contributed by atoms with Gasteiger partial charge >= 0.3 is 0 Å². The number of hydrogen-bond donors (Lipinski definition) is 2. The van der Waals surface area contributed by atoms with Gasteiger partial charge in [0.05, 0.1) is 21.8 Å². The number of nitrogens with one attached hydrogen (secondary N) is 1. The van der Waals surface area contributed by atoms with Gasteiger partial charge in [-0.15, -0.1) is 0 Å². The second kappa shape index (κ2) is 7.45. The molecule has 1 aromatic carbocycles. The molecule has 0 bridgehead atoms. The minimum Gasteiger partial charge on any atom is -0.393 e. The molecule has 2 atom stereocenters. The number of aliphatic hydroxyl groups excluding tert-OH is 1. The highest BCUT2D eigenvalue weighted by Crippen LogP contribution is 2.48. The number of rotatable bonds is 6. The van der Waals surface area contributed by atoms with E-state index in [4.69, 9.17) is 11.6 Å². The summed E-state index contributed by atoms with van der Waals surface area (Å²) in [5.74, 6) is 0.474. The quantitative estimate of drug-likeness (QED) is 0.787. The van der Waals surface area contributed by atoms with E-state index in [0.717, 1.165) is 6.42 Å². The van der Waals surface area contributed by atoms with Crippen LogP contribution in [0.15, 0.2) is 24.3 Å². The molecule has 2 unspecified atom stereocenters. The van der Waals surface area contributed by atoms with Gasteiger partial charge in [0, 0.05) is 16.5 Å². The van der Waals surface area contributed by atoms with Gasteiger partial charge in [0.1, 0.15) is 0 Å². The Balaban J connectivity index is 2.35. The lowest BCUT2D eigenvalue weighted by atomic mass is 9.57. The molecule has 0 saturated heterocycles. The van der Waals surface area contributed by atoms with E-state index < -0.39 is 11.0 Å². The van der Waals surface area contributed by atoms with E-state index in [2.05, 4.69) is 18.6 Å². The van der Waals surface area contributed by atoms with Gasteiger partial charge in [0.15, 0.2) is 0 Å². The predicted octanol–water partition coefficient (Wildman–Crippen LogP) is 4.20. The van der Waals surface area contributed by atoms with Crippen molar-refractivity contribution in [1.29, 1.82) is 0 Å². The van der Waals surface area contributed by atoms with Crippen molar-refractivity contribution in [1.82, 2.24) is 4.72 Å². The standard InChI is InChI=1S/C19H30ClNO2S/c1-13(2)10-17(21-24(23)18(3,4)5)19(11-16(22)12-19)14-6-8-15(20)9-7-14/h6-9,13,16-17,21-22H,10-12H2,1-5H3. The Morgan fingerprint density at radius 3 is 2.25 bits per heavy atom. The largest absolute Gasteiger partial charge is 0.393 e. The van der Waals surface area contributed by atoms with Crippen molar-refractivity contribution >= 4 is 22.6 Å². The van der Waals surface area contributed by atoms with Crippen molar-refractivity contribution in [2.75, 3.05) is 0 Å². The highest BCUT2D eigenvalue weighted by atomic mass is 35.5. The van der Waals surface area contributed by atoms with E-state index in [0.29, 0.717) is 23.8 Å². The fourth-order valence-electron chi connectivity index (χ4n) is 3.45. The van der Waals surface area contributed by atoms with Crippen LogP contribution in [0, 0.1) is 5.92 Å². The summed E-state index contributed by atoms with van der Waals surface area (Å²) in [6.07, 6.45) is 2.01. The molecule has 0 aliphatic heterocycles. The highest BCUT2D eigenvalue weighted by Gasteiger charge is 2.51. The van der Waals surface area contributed by atoms with E-state index in [9.17, 15) is 9.32 Å². The first kappa shape index (κ1) is 19.9. The lowest BCUT2D eigenvalue weighted by molar-refractivity contribution is -0.00251. The average molecular weight is 372 g/mol. The average Bonchev–Trinajstić information content (AvgIpc) is 2.42. The van der Waals surface area contributed by atoms with E-state index in [-0.39, 0.29) is 22.3 Å². The summed E-state index contributed by atoms with van der Waals surface area (Å²) in [4.78, 5) is 0. The van der Waals surface area contributed by atoms with Crippen molar-refractivity contribution in [3.63, 3.8) is 0 Å². The molecule has 1 saturated carbocycles. The van der Waals surface area contributed by atoms with Crippen molar-refractivity contribution in [3.05, 3.63) is 34.9 Å². The van der Waals surface area contributed by atoms with Gasteiger partial charge in [0.25, 0.3) is 0 Å². The van der Waals surface area contributed by atoms with Crippen LogP contribution in [0.3, 0.4) is 0 Å². The van der Waals surface area contributed by atoms with E-state index in [1.807, 2.05) is 45.0 Å². The second-order valence-electron chi connectivity index (χ2n) is 8.41. The maximum atomic E-state index is 12.7. The molecule has 1 fully saturated rings. The summed E-state index contributed by atoms with van der Waals surface area (Å²) >= 11 is 6.05. The van der Waals surface area contributed by atoms with E-state index in [1.54, 1.807) is 0 Å². The third-order valence-electron chi connectivity index (χ3n) is 4.80. The van der Waals surface area contributed by atoms with Crippen LogP contribution in [-0.2, 0) is 16.4 Å². The van der Waals surface area contributed by atoms with E-state index >= 15 is 0 Å². The Bertz CT molecular complexity index is 574. The summed E-state index contributed by atoms with van der Waals surface area (Å²) in [7, 11) is -1.15. The zero-order valence-electron chi connectivity index (χ0n) is 15.3. The first-order valence-corrected chi connectivity index (χ1v) is 10.2. The normalized spacial score (nSPS) is 26.9. The molecule has 1 aromatic rings. The summed E-state index contributed by atoms with van der Waals surface area (Å²) in [5, 5.41) is 10.8. The Morgan fingerprint density at radius 1 is 1.29 bits per heavy atom. The number of hydrogen-bond acceptors (Lipinski definition) is 2. The Morgan fingerprint density at radius 2 is 1.83 bits per heavy atom. The Hall–Kier alpha value is -0.420. The molecule has 24 heavy (non-hydrogen) atoms. The van der Waals surface area contributed by atoms with E-state index in [1.165, 1.54) is 5.56 Å². The molecule has 0 radical (unpaired) electrons.